The van der Waals surface area contributed by atoms with Gasteiger partial charge in [0.2, 0.25) is 10.0 Å². The Morgan fingerprint density at radius 3 is 2.45 bits per heavy atom. The summed E-state index contributed by atoms with van der Waals surface area (Å²) in [5, 5.41) is 7.59. The van der Waals surface area contributed by atoms with Crippen molar-refractivity contribution in [3.63, 3.8) is 0 Å². The smallest absolute Gasteiger partial charge is 0.218 e. The lowest BCUT2D eigenvalue weighted by Crippen LogP contribution is -2.48. The number of sulfonamides is 1. The number of nitrogens with zero attached hydrogens (tertiary/aromatic N) is 4. The van der Waals surface area contributed by atoms with Gasteiger partial charge in [0.05, 0.1) is 5.75 Å². The minimum Gasteiger partial charge on any atom is -0.295 e. The number of aryl methyl sites for hydroxylation is 1. The lowest BCUT2D eigenvalue weighted by molar-refractivity contribution is 0.177. The molecule has 8 heteroatoms. The average Bonchev–Trinajstić information content (AvgIpc) is 2.74. The van der Waals surface area contributed by atoms with Crippen LogP contribution in [0.1, 0.15) is 18.3 Å². The van der Waals surface area contributed by atoms with Crippen LogP contribution in [0.15, 0.2) is 16.8 Å². The van der Waals surface area contributed by atoms with Gasteiger partial charge >= 0.3 is 0 Å². The van der Waals surface area contributed by atoms with Crippen molar-refractivity contribution < 1.29 is 13.0 Å². The Labute approximate surface area is 119 Å². The summed E-state index contributed by atoms with van der Waals surface area (Å²) in [6.45, 7) is 10.3. The highest BCUT2D eigenvalue weighted by Gasteiger charge is 2.27. The quantitative estimate of drug-likeness (QED) is 0.732. The van der Waals surface area contributed by atoms with E-state index >= 15 is 0 Å². The predicted molar refractivity (Wildman–Crippen MR) is 74.5 cm³/mol. The zero-order valence-electron chi connectivity index (χ0n) is 11.9. The molecule has 1 aromatic rings. The van der Waals surface area contributed by atoms with Gasteiger partial charge in [0.25, 0.3) is 0 Å². The van der Waals surface area contributed by atoms with Crippen LogP contribution in [0, 0.1) is 6.92 Å². The maximum absolute atomic E-state index is 12.1. The van der Waals surface area contributed by atoms with E-state index in [0.717, 1.165) is 11.4 Å². The van der Waals surface area contributed by atoms with E-state index in [2.05, 4.69) is 26.4 Å². The maximum Gasteiger partial charge on any atom is 0.218 e. The highest BCUT2D eigenvalue weighted by Crippen LogP contribution is 2.13. The molecule has 0 amide bonds. The van der Waals surface area contributed by atoms with Crippen LogP contribution in [0.2, 0.25) is 0 Å². The maximum atomic E-state index is 12.1. The molecule has 20 heavy (non-hydrogen) atoms. The molecule has 0 spiro atoms. The summed E-state index contributed by atoms with van der Waals surface area (Å²) in [5.41, 5.74) is 2.25. The SMILES string of the molecule is C=C(C)CS(=O)(=O)N1CCN(Cc2nonc2C)CC1. The Morgan fingerprint density at radius 2 is 1.95 bits per heavy atom. The lowest BCUT2D eigenvalue weighted by Gasteiger charge is -2.33. The van der Waals surface area contributed by atoms with Gasteiger partial charge in [-0.2, -0.15) is 4.31 Å². The van der Waals surface area contributed by atoms with Crippen LogP contribution in [0.3, 0.4) is 0 Å². The molecule has 0 radical (unpaired) electrons. The first-order valence-corrected chi connectivity index (χ1v) is 8.12. The minimum absolute atomic E-state index is 0.0271. The van der Waals surface area contributed by atoms with Crippen molar-refractivity contribution in [3.8, 4) is 0 Å². The monoisotopic (exact) mass is 300 g/mol. The molecular formula is C12H20N4O3S. The third-order valence-corrected chi connectivity index (χ3v) is 5.28. The Hall–Kier alpha value is -1.25. The van der Waals surface area contributed by atoms with E-state index in [4.69, 9.17) is 0 Å². The Bertz CT molecular complexity index is 573. The van der Waals surface area contributed by atoms with Crippen molar-refractivity contribution in [1.29, 1.82) is 0 Å². The van der Waals surface area contributed by atoms with Crippen LogP contribution < -0.4 is 0 Å². The molecule has 0 aromatic carbocycles. The molecule has 0 aliphatic carbocycles. The molecule has 2 heterocycles. The highest BCUT2D eigenvalue weighted by atomic mass is 32.2. The van der Waals surface area contributed by atoms with Crippen LogP contribution >= 0.6 is 0 Å². The second-order valence-electron chi connectivity index (χ2n) is 5.18. The molecule has 1 aromatic heterocycles. The van der Waals surface area contributed by atoms with Crippen LogP contribution in [0.5, 0.6) is 0 Å². The first-order valence-electron chi connectivity index (χ1n) is 6.51. The summed E-state index contributed by atoms with van der Waals surface area (Å²) < 4.78 is 30.4. The third-order valence-electron chi connectivity index (χ3n) is 3.27. The van der Waals surface area contributed by atoms with E-state index in [1.54, 1.807) is 6.92 Å². The number of rotatable bonds is 5. The summed E-state index contributed by atoms with van der Waals surface area (Å²) in [5.74, 6) is 0.0271. The summed E-state index contributed by atoms with van der Waals surface area (Å²) in [6, 6.07) is 0. The molecule has 0 N–H and O–H groups in total. The van der Waals surface area contributed by atoms with Gasteiger partial charge in [0.1, 0.15) is 11.4 Å². The fourth-order valence-corrected chi connectivity index (χ4v) is 3.70. The normalized spacial score (nSPS) is 18.3. The fraction of sp³-hybridized carbons (Fsp3) is 0.667. The number of aromatic nitrogens is 2. The molecule has 0 saturated carbocycles. The summed E-state index contributed by atoms with van der Waals surface area (Å²) in [4.78, 5) is 2.15. The number of hydrogen-bond acceptors (Lipinski definition) is 6. The molecule has 1 aliphatic rings. The standard InChI is InChI=1S/C12H20N4O3S/c1-10(2)9-20(17,18)16-6-4-15(5-7-16)8-12-11(3)13-19-14-12/h1,4-9H2,2-3H3. The van der Waals surface area contributed by atoms with E-state index in [-0.39, 0.29) is 5.75 Å². The molecule has 0 atom stereocenters. The highest BCUT2D eigenvalue weighted by molar-refractivity contribution is 7.89. The van der Waals surface area contributed by atoms with Crippen LogP contribution in [-0.2, 0) is 16.6 Å². The first-order chi connectivity index (χ1) is 9.38. The molecule has 7 nitrogen and oxygen atoms in total. The first kappa shape index (κ1) is 15.1. The Balaban J connectivity index is 1.89. The Kier molecular flexibility index (Phi) is 4.56. The van der Waals surface area contributed by atoms with Crippen molar-refractivity contribution in [2.45, 2.75) is 20.4 Å². The van der Waals surface area contributed by atoms with Crippen molar-refractivity contribution in [2.75, 3.05) is 31.9 Å². The van der Waals surface area contributed by atoms with Crippen molar-refractivity contribution in [1.82, 2.24) is 19.5 Å². The zero-order chi connectivity index (χ0) is 14.8. The van der Waals surface area contributed by atoms with Crippen LogP contribution in [-0.4, -0.2) is 59.9 Å². The van der Waals surface area contributed by atoms with E-state index in [1.807, 2.05) is 6.92 Å². The van der Waals surface area contributed by atoms with Gasteiger partial charge in [-0.25, -0.2) is 13.0 Å². The minimum atomic E-state index is -3.22. The van der Waals surface area contributed by atoms with Gasteiger partial charge in [-0.3, -0.25) is 4.90 Å². The van der Waals surface area contributed by atoms with Crippen molar-refractivity contribution >= 4 is 10.0 Å². The van der Waals surface area contributed by atoms with E-state index < -0.39 is 10.0 Å². The molecule has 1 aliphatic heterocycles. The second kappa shape index (κ2) is 6.02. The molecule has 2 rings (SSSR count). The molecule has 112 valence electrons. The lowest BCUT2D eigenvalue weighted by atomic mass is 10.3. The van der Waals surface area contributed by atoms with Gasteiger partial charge < -0.3 is 0 Å². The van der Waals surface area contributed by atoms with Gasteiger partial charge in [-0.05, 0) is 13.8 Å². The molecule has 1 saturated heterocycles. The average molecular weight is 300 g/mol. The van der Waals surface area contributed by atoms with Gasteiger partial charge in [0, 0.05) is 32.7 Å². The number of hydrogen-bond donors (Lipinski definition) is 0. The largest absolute Gasteiger partial charge is 0.295 e. The molecule has 0 bridgehead atoms. The number of piperazine rings is 1. The van der Waals surface area contributed by atoms with Crippen molar-refractivity contribution in [3.05, 3.63) is 23.5 Å². The van der Waals surface area contributed by atoms with Crippen LogP contribution in [0.4, 0.5) is 0 Å². The fourth-order valence-electron chi connectivity index (χ4n) is 2.17. The molecular weight excluding hydrogens is 280 g/mol. The summed E-state index contributed by atoms with van der Waals surface area (Å²) >= 11 is 0. The zero-order valence-corrected chi connectivity index (χ0v) is 12.7. The van der Waals surface area contributed by atoms with E-state index in [0.29, 0.717) is 38.3 Å². The van der Waals surface area contributed by atoms with Gasteiger partial charge in [0.15, 0.2) is 0 Å². The van der Waals surface area contributed by atoms with E-state index in [9.17, 15) is 8.42 Å². The summed E-state index contributed by atoms with van der Waals surface area (Å²) in [6.07, 6.45) is 0. The molecule has 1 fully saturated rings. The topological polar surface area (TPSA) is 79.5 Å². The predicted octanol–water partition coefficient (Wildman–Crippen LogP) is 0.402. The van der Waals surface area contributed by atoms with Gasteiger partial charge in [-0.15, -0.1) is 0 Å². The Morgan fingerprint density at radius 1 is 1.30 bits per heavy atom. The van der Waals surface area contributed by atoms with Crippen molar-refractivity contribution in [2.24, 2.45) is 0 Å². The van der Waals surface area contributed by atoms with Gasteiger partial charge in [-0.1, -0.05) is 22.5 Å². The summed E-state index contributed by atoms with van der Waals surface area (Å²) in [7, 11) is -3.22. The third kappa shape index (κ3) is 3.65. The molecule has 0 unspecified atom stereocenters. The van der Waals surface area contributed by atoms with E-state index in [1.165, 1.54) is 4.31 Å². The second-order valence-corrected chi connectivity index (χ2v) is 7.15. The van der Waals surface area contributed by atoms with Crippen LogP contribution in [0.25, 0.3) is 0 Å².